The Morgan fingerprint density at radius 2 is 2.00 bits per heavy atom. The van der Waals surface area contributed by atoms with Gasteiger partial charge in [-0.2, -0.15) is 0 Å². The monoisotopic (exact) mass is 400 g/mol. The molecule has 8 nitrogen and oxygen atoms in total. The summed E-state index contributed by atoms with van der Waals surface area (Å²) >= 11 is 1.30. The minimum absolute atomic E-state index is 0.159. The molecule has 2 heterocycles. The largest absolute Gasteiger partial charge is 0.465 e. The molecule has 0 saturated carbocycles. The van der Waals surface area contributed by atoms with Crippen LogP contribution in [0.3, 0.4) is 0 Å². The number of anilines is 2. The summed E-state index contributed by atoms with van der Waals surface area (Å²) < 4.78 is 5.65. The van der Waals surface area contributed by atoms with Crippen LogP contribution >= 0.6 is 11.3 Å². The number of fused-ring (bicyclic) bond motifs is 1. The Hall–Kier alpha value is -3.20. The summed E-state index contributed by atoms with van der Waals surface area (Å²) in [5, 5.41) is 5.91. The summed E-state index contributed by atoms with van der Waals surface area (Å²) in [4.78, 5) is 43.4. The molecule has 0 bridgehead atoms. The number of methoxy groups -OCH3 is 1. The summed E-state index contributed by atoms with van der Waals surface area (Å²) in [7, 11) is 1.31. The van der Waals surface area contributed by atoms with Crippen molar-refractivity contribution in [1.82, 2.24) is 9.97 Å². The van der Waals surface area contributed by atoms with Crippen LogP contribution in [-0.2, 0) is 16.0 Å². The maximum Gasteiger partial charge on any atom is 0.339 e. The number of nitrogens with one attached hydrogen (secondary N) is 3. The fourth-order valence-corrected chi connectivity index (χ4v) is 3.85. The summed E-state index contributed by atoms with van der Waals surface area (Å²) in [6.07, 6.45) is 0.561. The van der Waals surface area contributed by atoms with Gasteiger partial charge in [-0.05, 0) is 37.1 Å². The van der Waals surface area contributed by atoms with Crippen molar-refractivity contribution >= 4 is 50.2 Å². The number of thiazole rings is 1. The molecule has 0 unspecified atom stereocenters. The minimum atomic E-state index is -0.477. The van der Waals surface area contributed by atoms with Crippen molar-refractivity contribution in [2.24, 2.45) is 0 Å². The van der Waals surface area contributed by atoms with Gasteiger partial charge in [-0.15, -0.1) is 0 Å². The van der Waals surface area contributed by atoms with Gasteiger partial charge in [0, 0.05) is 18.3 Å². The van der Waals surface area contributed by atoms with Crippen LogP contribution in [0, 0.1) is 6.92 Å². The lowest BCUT2D eigenvalue weighted by molar-refractivity contribution is -0.114. The van der Waals surface area contributed by atoms with Gasteiger partial charge in [0.2, 0.25) is 5.91 Å². The fourth-order valence-electron chi connectivity index (χ4n) is 2.95. The molecule has 3 N–H and O–H groups in total. The molecule has 0 aliphatic heterocycles. The number of H-pyrrole nitrogens is 1. The molecule has 9 heteroatoms. The lowest BCUT2D eigenvalue weighted by Gasteiger charge is -2.02. The van der Waals surface area contributed by atoms with E-state index in [0.29, 0.717) is 45.3 Å². The predicted molar refractivity (Wildman–Crippen MR) is 108 cm³/mol. The highest BCUT2D eigenvalue weighted by molar-refractivity contribution is 7.22. The molecule has 0 spiro atoms. The number of aromatic nitrogens is 2. The smallest absolute Gasteiger partial charge is 0.339 e. The molecule has 0 saturated heterocycles. The number of carbonyl (C=O) groups excluding carboxylic acids is 3. The molecule has 3 rings (SSSR count). The molecule has 0 radical (unpaired) electrons. The SMILES string of the molecule is CCc1[nH]c(C(=O)Nc2nc3ccc(NC(C)=O)cc3s2)c(C)c1C(=O)OC. The molecule has 146 valence electrons. The van der Waals surface area contributed by atoms with Crippen molar-refractivity contribution in [1.29, 1.82) is 0 Å². The summed E-state index contributed by atoms with van der Waals surface area (Å²) in [5.41, 5.74) is 3.25. The molecule has 1 aromatic carbocycles. The Balaban J connectivity index is 1.88. The van der Waals surface area contributed by atoms with E-state index in [2.05, 4.69) is 20.6 Å². The second kappa shape index (κ2) is 7.81. The van der Waals surface area contributed by atoms with Gasteiger partial charge >= 0.3 is 5.97 Å². The topological polar surface area (TPSA) is 113 Å². The Labute approximate surface area is 165 Å². The molecule has 28 heavy (non-hydrogen) atoms. The van der Waals surface area contributed by atoms with Crippen molar-refractivity contribution < 1.29 is 19.1 Å². The Bertz CT molecular complexity index is 1080. The third-order valence-electron chi connectivity index (χ3n) is 4.23. The van der Waals surface area contributed by atoms with Crippen LogP contribution in [0.5, 0.6) is 0 Å². The first kappa shape index (κ1) is 19.6. The molecule has 2 amide bonds. The second-order valence-electron chi connectivity index (χ2n) is 6.16. The number of amides is 2. The number of aromatic amines is 1. The first-order valence-corrected chi connectivity index (χ1v) is 9.45. The summed E-state index contributed by atoms with van der Waals surface area (Å²) in [5.74, 6) is -1.02. The van der Waals surface area contributed by atoms with Gasteiger partial charge in [0.25, 0.3) is 5.91 Å². The van der Waals surface area contributed by atoms with Crippen LogP contribution in [0.1, 0.15) is 46.0 Å². The molecule has 0 fully saturated rings. The van der Waals surface area contributed by atoms with E-state index in [1.54, 1.807) is 25.1 Å². The van der Waals surface area contributed by atoms with Crippen molar-refractivity contribution in [2.75, 3.05) is 17.7 Å². The number of carbonyl (C=O) groups is 3. The Morgan fingerprint density at radius 1 is 1.25 bits per heavy atom. The fraction of sp³-hybridized carbons (Fsp3) is 0.263. The molecule has 2 aromatic heterocycles. The van der Waals surface area contributed by atoms with Crippen LogP contribution in [-0.4, -0.2) is 34.9 Å². The average Bonchev–Trinajstić information content (AvgIpc) is 3.20. The molecule has 0 aliphatic carbocycles. The van der Waals surface area contributed by atoms with Gasteiger partial charge in [0.1, 0.15) is 5.69 Å². The molecule has 0 aliphatic rings. The maximum atomic E-state index is 12.7. The zero-order chi connectivity index (χ0) is 20.4. The first-order valence-electron chi connectivity index (χ1n) is 8.63. The summed E-state index contributed by atoms with van der Waals surface area (Å²) in [6.45, 7) is 5.03. The summed E-state index contributed by atoms with van der Waals surface area (Å²) in [6, 6.07) is 5.33. The zero-order valence-corrected chi connectivity index (χ0v) is 16.7. The van der Waals surface area contributed by atoms with E-state index in [-0.39, 0.29) is 11.8 Å². The van der Waals surface area contributed by atoms with E-state index in [9.17, 15) is 14.4 Å². The average molecular weight is 400 g/mol. The van der Waals surface area contributed by atoms with E-state index >= 15 is 0 Å². The highest BCUT2D eigenvalue weighted by Gasteiger charge is 2.24. The quantitative estimate of drug-likeness (QED) is 0.568. The molecular formula is C19H20N4O4S. The lowest BCUT2D eigenvalue weighted by atomic mass is 10.1. The number of hydrogen-bond donors (Lipinski definition) is 3. The third-order valence-corrected chi connectivity index (χ3v) is 5.16. The van der Waals surface area contributed by atoms with Crippen LogP contribution in [0.15, 0.2) is 18.2 Å². The van der Waals surface area contributed by atoms with E-state index in [1.165, 1.54) is 25.4 Å². The molecule has 3 aromatic rings. The van der Waals surface area contributed by atoms with Crippen molar-refractivity contribution in [2.45, 2.75) is 27.2 Å². The van der Waals surface area contributed by atoms with E-state index in [4.69, 9.17) is 4.74 Å². The number of rotatable bonds is 5. The van der Waals surface area contributed by atoms with Crippen LogP contribution in [0.2, 0.25) is 0 Å². The minimum Gasteiger partial charge on any atom is -0.465 e. The Morgan fingerprint density at radius 3 is 2.64 bits per heavy atom. The van der Waals surface area contributed by atoms with Gasteiger partial charge in [-0.3, -0.25) is 14.9 Å². The maximum absolute atomic E-state index is 12.7. The van der Waals surface area contributed by atoms with Crippen molar-refractivity contribution in [3.05, 3.63) is 40.7 Å². The van der Waals surface area contributed by atoms with Gasteiger partial charge in [-0.1, -0.05) is 18.3 Å². The zero-order valence-electron chi connectivity index (χ0n) is 15.9. The standard InChI is InChI=1S/C19H20N4O4S/c1-5-12-15(18(26)27-4)9(2)16(21-12)17(25)23-19-22-13-7-6-11(20-10(3)24)8-14(13)28-19/h6-8,21H,5H2,1-4H3,(H,20,24)(H,22,23,25). The third kappa shape index (κ3) is 3.74. The second-order valence-corrected chi connectivity index (χ2v) is 7.19. The van der Waals surface area contributed by atoms with E-state index in [0.717, 1.165) is 4.70 Å². The normalized spacial score (nSPS) is 10.7. The van der Waals surface area contributed by atoms with Crippen LogP contribution in [0.4, 0.5) is 10.8 Å². The van der Waals surface area contributed by atoms with Gasteiger partial charge < -0.3 is 15.0 Å². The van der Waals surface area contributed by atoms with Crippen molar-refractivity contribution in [3.8, 4) is 0 Å². The number of aryl methyl sites for hydroxylation is 1. The van der Waals surface area contributed by atoms with Gasteiger partial charge in [0.15, 0.2) is 5.13 Å². The molecule has 0 atom stereocenters. The number of nitrogens with zero attached hydrogens (tertiary/aromatic N) is 1. The van der Waals surface area contributed by atoms with Gasteiger partial charge in [-0.25, -0.2) is 9.78 Å². The predicted octanol–water partition coefficient (Wildman–Crippen LogP) is 3.49. The van der Waals surface area contributed by atoms with Gasteiger partial charge in [0.05, 0.1) is 22.9 Å². The Kier molecular flexibility index (Phi) is 5.46. The number of ether oxygens (including phenoxy) is 1. The van der Waals surface area contributed by atoms with Crippen LogP contribution in [0.25, 0.3) is 10.2 Å². The highest BCUT2D eigenvalue weighted by Crippen LogP contribution is 2.29. The number of hydrogen-bond acceptors (Lipinski definition) is 6. The van der Waals surface area contributed by atoms with Crippen LogP contribution < -0.4 is 10.6 Å². The molecular weight excluding hydrogens is 380 g/mol. The van der Waals surface area contributed by atoms with E-state index < -0.39 is 5.97 Å². The van der Waals surface area contributed by atoms with Crippen molar-refractivity contribution in [3.63, 3.8) is 0 Å². The number of esters is 1. The lowest BCUT2D eigenvalue weighted by Crippen LogP contribution is -2.14. The van der Waals surface area contributed by atoms with E-state index in [1.807, 2.05) is 6.92 Å². The number of benzene rings is 1. The highest BCUT2D eigenvalue weighted by atomic mass is 32.1. The first-order chi connectivity index (χ1) is 13.3.